The van der Waals surface area contributed by atoms with Crippen molar-refractivity contribution in [3.63, 3.8) is 0 Å². The zero-order chi connectivity index (χ0) is 13.9. The molecule has 1 aromatic carbocycles. The molecule has 104 valence electrons. The first-order valence-electron chi connectivity index (χ1n) is 6.28. The molecular formula is C15H14O5. The van der Waals surface area contributed by atoms with Crippen LogP contribution in [0.15, 0.2) is 40.8 Å². The van der Waals surface area contributed by atoms with E-state index in [1.807, 2.05) is 12.1 Å². The van der Waals surface area contributed by atoms with Crippen LogP contribution in [-0.2, 0) is 11.3 Å². The number of ether oxygens (including phenoxy) is 3. The molecule has 0 amide bonds. The molecule has 0 aliphatic carbocycles. The molecular weight excluding hydrogens is 260 g/mol. The fourth-order valence-electron chi connectivity index (χ4n) is 2.04. The number of benzene rings is 1. The number of methoxy groups -OCH3 is 1. The summed E-state index contributed by atoms with van der Waals surface area (Å²) in [4.78, 5) is 12.3. The van der Waals surface area contributed by atoms with E-state index in [0.29, 0.717) is 23.9 Å². The Morgan fingerprint density at radius 2 is 2.05 bits per heavy atom. The highest BCUT2D eigenvalue weighted by molar-refractivity contribution is 5.97. The van der Waals surface area contributed by atoms with Crippen molar-refractivity contribution in [1.29, 1.82) is 0 Å². The Kier molecular flexibility index (Phi) is 3.43. The molecule has 0 saturated carbocycles. The molecule has 1 aromatic heterocycles. The van der Waals surface area contributed by atoms with Crippen LogP contribution in [0.4, 0.5) is 0 Å². The summed E-state index contributed by atoms with van der Waals surface area (Å²) in [5, 5.41) is 0. The third-order valence-electron chi connectivity index (χ3n) is 2.99. The van der Waals surface area contributed by atoms with Gasteiger partial charge in [0.2, 0.25) is 5.78 Å². The highest BCUT2D eigenvalue weighted by atomic mass is 16.6. The predicted octanol–water partition coefficient (Wildman–Crippen LogP) is 2.45. The molecule has 2 heterocycles. The maximum absolute atomic E-state index is 12.3. The third-order valence-corrected chi connectivity index (χ3v) is 2.99. The largest absolute Gasteiger partial charge is 0.485 e. The molecule has 1 aliphatic rings. The number of hydrogen-bond acceptors (Lipinski definition) is 5. The molecule has 5 heteroatoms. The van der Waals surface area contributed by atoms with Gasteiger partial charge in [-0.1, -0.05) is 12.1 Å². The van der Waals surface area contributed by atoms with E-state index < -0.39 is 6.10 Å². The van der Waals surface area contributed by atoms with Crippen LogP contribution in [-0.4, -0.2) is 25.6 Å². The number of rotatable bonds is 4. The molecule has 1 unspecified atom stereocenters. The lowest BCUT2D eigenvalue weighted by Crippen LogP contribution is -2.36. The van der Waals surface area contributed by atoms with Gasteiger partial charge in [-0.05, 0) is 24.3 Å². The average molecular weight is 274 g/mol. The van der Waals surface area contributed by atoms with Gasteiger partial charge in [0.15, 0.2) is 23.4 Å². The molecule has 20 heavy (non-hydrogen) atoms. The Hall–Kier alpha value is -2.27. The molecule has 0 spiro atoms. The summed E-state index contributed by atoms with van der Waals surface area (Å²) in [6, 6.07) is 10.6. The van der Waals surface area contributed by atoms with Gasteiger partial charge in [0.1, 0.15) is 19.0 Å². The summed E-state index contributed by atoms with van der Waals surface area (Å²) in [7, 11) is 1.57. The summed E-state index contributed by atoms with van der Waals surface area (Å²) in [6.45, 7) is 0.508. The quantitative estimate of drug-likeness (QED) is 0.801. The average Bonchev–Trinajstić information content (AvgIpc) is 2.95. The maximum Gasteiger partial charge on any atom is 0.241 e. The zero-order valence-corrected chi connectivity index (χ0v) is 11.0. The SMILES string of the molecule is COCc1ccc(C(=O)C2COc3ccccc3O2)o1. The minimum atomic E-state index is -0.688. The summed E-state index contributed by atoms with van der Waals surface area (Å²) in [5.74, 6) is 1.84. The molecule has 1 atom stereocenters. The van der Waals surface area contributed by atoms with Gasteiger partial charge in [-0.15, -0.1) is 0 Å². The lowest BCUT2D eigenvalue weighted by atomic mass is 10.1. The normalized spacial score (nSPS) is 16.9. The molecule has 0 saturated heterocycles. The van der Waals surface area contributed by atoms with Crippen molar-refractivity contribution >= 4 is 5.78 Å². The fourth-order valence-corrected chi connectivity index (χ4v) is 2.04. The van der Waals surface area contributed by atoms with E-state index in [1.165, 1.54) is 0 Å². The standard InChI is InChI=1S/C15H14O5/c1-17-8-10-6-7-13(19-10)15(16)14-9-18-11-4-2-3-5-12(11)20-14/h2-7,14H,8-9H2,1H3. The van der Waals surface area contributed by atoms with E-state index in [1.54, 1.807) is 31.4 Å². The van der Waals surface area contributed by atoms with Crippen LogP contribution in [0, 0.1) is 0 Å². The van der Waals surface area contributed by atoms with Crippen LogP contribution >= 0.6 is 0 Å². The van der Waals surface area contributed by atoms with Crippen LogP contribution in [0.3, 0.4) is 0 Å². The highest BCUT2D eigenvalue weighted by Crippen LogP contribution is 2.31. The van der Waals surface area contributed by atoms with Crippen molar-refractivity contribution < 1.29 is 23.4 Å². The minimum Gasteiger partial charge on any atom is -0.485 e. The number of carbonyl (C=O) groups excluding carboxylic acids is 1. The molecule has 0 N–H and O–H groups in total. The first kappa shape index (κ1) is 12.7. The Bertz CT molecular complexity index is 616. The number of fused-ring (bicyclic) bond motifs is 1. The highest BCUT2D eigenvalue weighted by Gasteiger charge is 2.30. The Balaban J connectivity index is 1.75. The van der Waals surface area contributed by atoms with Gasteiger partial charge in [0, 0.05) is 7.11 Å². The van der Waals surface area contributed by atoms with E-state index in [0.717, 1.165) is 0 Å². The van der Waals surface area contributed by atoms with Crippen LogP contribution in [0.1, 0.15) is 16.3 Å². The van der Waals surface area contributed by atoms with Gasteiger partial charge >= 0.3 is 0 Å². The Labute approximate surface area is 116 Å². The van der Waals surface area contributed by atoms with Crippen molar-refractivity contribution in [2.24, 2.45) is 0 Å². The molecule has 1 aliphatic heterocycles. The van der Waals surface area contributed by atoms with Crippen LogP contribution in [0.5, 0.6) is 11.5 Å². The topological polar surface area (TPSA) is 57.9 Å². The van der Waals surface area contributed by atoms with Gasteiger partial charge < -0.3 is 18.6 Å². The van der Waals surface area contributed by atoms with Crippen molar-refractivity contribution in [2.75, 3.05) is 13.7 Å². The van der Waals surface area contributed by atoms with Gasteiger partial charge in [-0.2, -0.15) is 0 Å². The van der Waals surface area contributed by atoms with E-state index in [2.05, 4.69) is 0 Å². The van der Waals surface area contributed by atoms with Gasteiger partial charge in [-0.3, -0.25) is 4.79 Å². The minimum absolute atomic E-state index is 0.177. The summed E-state index contributed by atoms with van der Waals surface area (Å²) in [6.07, 6.45) is -0.688. The predicted molar refractivity (Wildman–Crippen MR) is 70.1 cm³/mol. The first-order valence-corrected chi connectivity index (χ1v) is 6.28. The lowest BCUT2D eigenvalue weighted by Gasteiger charge is -2.24. The van der Waals surface area contributed by atoms with Crippen LogP contribution in [0.2, 0.25) is 0 Å². The lowest BCUT2D eigenvalue weighted by molar-refractivity contribution is 0.0554. The maximum atomic E-state index is 12.3. The molecule has 3 rings (SSSR count). The van der Waals surface area contributed by atoms with E-state index >= 15 is 0 Å². The fraction of sp³-hybridized carbons (Fsp3) is 0.267. The number of Topliss-reactive ketones (excluding diaryl/α,β-unsaturated/α-hetero) is 1. The van der Waals surface area contributed by atoms with Crippen molar-refractivity contribution in [3.8, 4) is 11.5 Å². The van der Waals surface area contributed by atoms with Crippen molar-refractivity contribution in [1.82, 2.24) is 0 Å². The zero-order valence-electron chi connectivity index (χ0n) is 11.0. The smallest absolute Gasteiger partial charge is 0.241 e. The second kappa shape index (κ2) is 5.38. The molecule has 5 nitrogen and oxygen atoms in total. The van der Waals surface area contributed by atoms with Crippen molar-refractivity contribution in [2.45, 2.75) is 12.7 Å². The monoisotopic (exact) mass is 274 g/mol. The van der Waals surface area contributed by atoms with Crippen molar-refractivity contribution in [3.05, 3.63) is 47.9 Å². The number of furan rings is 1. The van der Waals surface area contributed by atoms with E-state index in [9.17, 15) is 4.79 Å². The molecule has 0 fully saturated rings. The van der Waals surface area contributed by atoms with Crippen LogP contribution < -0.4 is 9.47 Å². The summed E-state index contributed by atoms with van der Waals surface area (Å²) < 4.78 is 21.5. The number of hydrogen-bond donors (Lipinski definition) is 0. The second-order valence-corrected chi connectivity index (χ2v) is 4.43. The van der Waals surface area contributed by atoms with E-state index in [4.69, 9.17) is 18.6 Å². The molecule has 0 bridgehead atoms. The number of para-hydroxylation sites is 2. The Morgan fingerprint density at radius 3 is 2.85 bits per heavy atom. The molecule has 0 radical (unpaired) electrons. The summed E-state index contributed by atoms with van der Waals surface area (Å²) >= 11 is 0. The third kappa shape index (κ3) is 2.40. The van der Waals surface area contributed by atoms with Gasteiger partial charge in [0.25, 0.3) is 0 Å². The first-order chi connectivity index (χ1) is 9.78. The van der Waals surface area contributed by atoms with Gasteiger partial charge in [0.05, 0.1) is 0 Å². The Morgan fingerprint density at radius 1 is 1.25 bits per heavy atom. The summed E-state index contributed by atoms with van der Waals surface area (Å²) in [5.41, 5.74) is 0. The van der Waals surface area contributed by atoms with Crippen LogP contribution in [0.25, 0.3) is 0 Å². The van der Waals surface area contributed by atoms with E-state index in [-0.39, 0.29) is 18.2 Å². The number of carbonyl (C=O) groups is 1. The number of ketones is 1. The molecule has 2 aromatic rings. The van der Waals surface area contributed by atoms with Gasteiger partial charge in [-0.25, -0.2) is 0 Å². The second-order valence-electron chi connectivity index (χ2n) is 4.43.